The molecule has 30 heavy (non-hydrogen) atoms. The van der Waals surface area contributed by atoms with Gasteiger partial charge in [0.2, 0.25) is 0 Å². The lowest BCUT2D eigenvalue weighted by Gasteiger charge is -2.33. The van der Waals surface area contributed by atoms with Gasteiger partial charge in [-0.2, -0.15) is 0 Å². The van der Waals surface area contributed by atoms with Gasteiger partial charge in [0.1, 0.15) is 18.3 Å². The van der Waals surface area contributed by atoms with Crippen molar-refractivity contribution in [2.45, 2.75) is 63.9 Å². The van der Waals surface area contributed by atoms with E-state index in [1.54, 1.807) is 0 Å². The molecule has 0 spiro atoms. The topological polar surface area (TPSA) is 112 Å². The molecule has 0 unspecified atom stereocenters. The summed E-state index contributed by atoms with van der Waals surface area (Å²) in [4.78, 5) is 40.2. The third kappa shape index (κ3) is 4.22. The van der Waals surface area contributed by atoms with Gasteiger partial charge >= 0.3 is 11.7 Å². The molecule has 4 atom stereocenters. The van der Waals surface area contributed by atoms with E-state index in [4.69, 9.17) is 18.9 Å². The molecule has 4 rings (SSSR count). The van der Waals surface area contributed by atoms with Gasteiger partial charge in [0.15, 0.2) is 12.0 Å². The van der Waals surface area contributed by atoms with Crippen molar-refractivity contribution in [3.63, 3.8) is 0 Å². The van der Waals surface area contributed by atoms with Crippen LogP contribution in [0.3, 0.4) is 0 Å². The Kier molecular flexibility index (Phi) is 5.84. The molecule has 3 fully saturated rings. The van der Waals surface area contributed by atoms with Crippen LogP contribution in [0.5, 0.6) is 0 Å². The SMILES string of the molecule is CCOC(=O)C1CCN(C[C@H]2O[C@@H](n3ccc(=O)[nH]c3=O)[C@@H]3OC(C)(C)O[C@@H]32)CC1. The van der Waals surface area contributed by atoms with E-state index in [1.165, 1.54) is 16.8 Å². The van der Waals surface area contributed by atoms with Crippen LogP contribution in [-0.2, 0) is 23.7 Å². The first-order valence-corrected chi connectivity index (χ1v) is 10.5. The van der Waals surface area contributed by atoms with Crippen LogP contribution in [0.2, 0.25) is 0 Å². The Bertz CT molecular complexity index is 887. The predicted octanol–water partition coefficient (Wildman–Crippen LogP) is 0.229. The molecule has 1 aromatic heterocycles. The van der Waals surface area contributed by atoms with Crippen molar-refractivity contribution in [3.05, 3.63) is 33.1 Å². The third-order valence-corrected chi connectivity index (χ3v) is 5.90. The number of hydrogen-bond donors (Lipinski definition) is 1. The second-order valence-corrected chi connectivity index (χ2v) is 8.47. The molecule has 0 aromatic carbocycles. The lowest BCUT2D eigenvalue weighted by Crippen LogP contribution is -2.44. The van der Waals surface area contributed by atoms with Gasteiger partial charge in [-0.3, -0.25) is 19.1 Å². The zero-order valence-electron chi connectivity index (χ0n) is 17.5. The molecule has 166 valence electrons. The number of rotatable bonds is 5. The number of ether oxygens (including phenoxy) is 4. The average molecular weight is 423 g/mol. The molecule has 3 saturated heterocycles. The minimum atomic E-state index is -0.793. The summed E-state index contributed by atoms with van der Waals surface area (Å²) >= 11 is 0. The standard InChI is InChI=1S/C20H29N3O7/c1-4-27-18(25)12-5-8-22(9-6-12)11-13-15-16(30-20(2,3)29-15)17(28-13)23-10-7-14(24)21-19(23)26/h7,10,12-13,15-17H,4-6,8-9,11H2,1-3H3,(H,21,24,26)/t13-,15-,16-,17-/m1/s1. The van der Waals surface area contributed by atoms with Crippen molar-refractivity contribution in [1.82, 2.24) is 14.5 Å². The molecule has 10 heteroatoms. The second-order valence-electron chi connectivity index (χ2n) is 8.47. The third-order valence-electron chi connectivity index (χ3n) is 5.90. The van der Waals surface area contributed by atoms with Gasteiger partial charge in [0.25, 0.3) is 5.56 Å². The zero-order chi connectivity index (χ0) is 21.5. The number of likely N-dealkylation sites (tertiary alicyclic amines) is 1. The van der Waals surface area contributed by atoms with Crippen molar-refractivity contribution in [1.29, 1.82) is 0 Å². The fourth-order valence-electron chi connectivity index (χ4n) is 4.52. The summed E-state index contributed by atoms with van der Waals surface area (Å²) in [6, 6.07) is 1.29. The zero-order valence-corrected chi connectivity index (χ0v) is 17.5. The van der Waals surface area contributed by atoms with E-state index in [2.05, 4.69) is 9.88 Å². The van der Waals surface area contributed by atoms with Crippen LogP contribution < -0.4 is 11.2 Å². The van der Waals surface area contributed by atoms with E-state index < -0.39 is 29.4 Å². The first-order chi connectivity index (χ1) is 14.3. The smallest absolute Gasteiger partial charge is 0.330 e. The predicted molar refractivity (Wildman–Crippen MR) is 105 cm³/mol. The van der Waals surface area contributed by atoms with Gasteiger partial charge in [-0.25, -0.2) is 4.79 Å². The highest BCUT2D eigenvalue weighted by Gasteiger charge is 2.56. The Morgan fingerprint density at radius 3 is 2.60 bits per heavy atom. The molecule has 3 aliphatic heterocycles. The van der Waals surface area contributed by atoms with Crippen LogP contribution in [0.25, 0.3) is 0 Å². The van der Waals surface area contributed by atoms with Crippen LogP contribution in [0.1, 0.15) is 39.8 Å². The average Bonchev–Trinajstić information content (AvgIpc) is 3.16. The summed E-state index contributed by atoms with van der Waals surface area (Å²) in [5.41, 5.74) is -1.01. The maximum absolute atomic E-state index is 12.3. The number of esters is 1. The Labute approximate surface area is 174 Å². The summed E-state index contributed by atoms with van der Waals surface area (Å²) in [7, 11) is 0. The van der Waals surface area contributed by atoms with E-state index >= 15 is 0 Å². The summed E-state index contributed by atoms with van der Waals surface area (Å²) < 4.78 is 24.8. The lowest BCUT2D eigenvalue weighted by molar-refractivity contribution is -0.199. The fourth-order valence-corrected chi connectivity index (χ4v) is 4.52. The molecular formula is C20H29N3O7. The number of H-pyrrole nitrogens is 1. The van der Waals surface area contributed by atoms with Gasteiger partial charge in [0.05, 0.1) is 12.5 Å². The van der Waals surface area contributed by atoms with Gasteiger partial charge in [-0.1, -0.05) is 0 Å². The fraction of sp³-hybridized carbons (Fsp3) is 0.750. The highest BCUT2D eigenvalue weighted by molar-refractivity contribution is 5.72. The highest BCUT2D eigenvalue weighted by atomic mass is 16.8. The minimum absolute atomic E-state index is 0.0593. The number of carbonyl (C=O) groups excluding carboxylic acids is 1. The highest BCUT2D eigenvalue weighted by Crippen LogP contribution is 2.42. The Morgan fingerprint density at radius 1 is 1.23 bits per heavy atom. The molecule has 0 saturated carbocycles. The maximum atomic E-state index is 12.3. The summed E-state index contributed by atoms with van der Waals surface area (Å²) in [5, 5.41) is 0. The first-order valence-electron chi connectivity index (χ1n) is 10.5. The summed E-state index contributed by atoms with van der Waals surface area (Å²) in [6.07, 6.45) is 1.10. The molecular weight excluding hydrogens is 394 g/mol. The molecule has 4 heterocycles. The summed E-state index contributed by atoms with van der Waals surface area (Å²) in [6.45, 7) is 8.00. The number of hydrogen-bond acceptors (Lipinski definition) is 8. The van der Waals surface area contributed by atoms with Crippen molar-refractivity contribution >= 4 is 5.97 Å². The van der Waals surface area contributed by atoms with E-state index in [0.717, 1.165) is 25.9 Å². The molecule has 3 aliphatic rings. The number of fused-ring (bicyclic) bond motifs is 1. The van der Waals surface area contributed by atoms with Gasteiger partial charge < -0.3 is 23.8 Å². The molecule has 0 aliphatic carbocycles. The molecule has 1 N–H and O–H groups in total. The quantitative estimate of drug-likeness (QED) is 0.670. The number of aromatic nitrogens is 2. The Hall–Kier alpha value is -2.01. The normalized spacial score (nSPS) is 31.6. The molecule has 1 aromatic rings. The van der Waals surface area contributed by atoms with E-state index in [0.29, 0.717) is 13.2 Å². The number of carbonyl (C=O) groups is 1. The van der Waals surface area contributed by atoms with E-state index in [9.17, 15) is 14.4 Å². The lowest BCUT2D eigenvalue weighted by atomic mass is 9.96. The van der Waals surface area contributed by atoms with Crippen molar-refractivity contribution in [3.8, 4) is 0 Å². The molecule has 0 bridgehead atoms. The molecule has 10 nitrogen and oxygen atoms in total. The largest absolute Gasteiger partial charge is 0.466 e. The van der Waals surface area contributed by atoms with Crippen molar-refractivity contribution in [2.24, 2.45) is 5.92 Å². The number of nitrogens with one attached hydrogen (secondary N) is 1. The van der Waals surface area contributed by atoms with Crippen LogP contribution >= 0.6 is 0 Å². The second kappa shape index (κ2) is 8.26. The van der Waals surface area contributed by atoms with E-state index in [-0.39, 0.29) is 24.1 Å². The Morgan fingerprint density at radius 2 is 1.93 bits per heavy atom. The summed E-state index contributed by atoms with van der Waals surface area (Å²) in [5.74, 6) is -0.977. The van der Waals surface area contributed by atoms with Crippen LogP contribution in [-0.4, -0.2) is 70.8 Å². The van der Waals surface area contributed by atoms with Crippen LogP contribution in [0.15, 0.2) is 21.9 Å². The first kappa shape index (κ1) is 21.2. The van der Waals surface area contributed by atoms with Gasteiger partial charge in [-0.15, -0.1) is 0 Å². The minimum Gasteiger partial charge on any atom is -0.466 e. The van der Waals surface area contributed by atoms with Crippen LogP contribution in [0, 0.1) is 5.92 Å². The number of piperidine rings is 1. The van der Waals surface area contributed by atoms with Crippen molar-refractivity contribution < 1.29 is 23.7 Å². The molecule has 0 amide bonds. The van der Waals surface area contributed by atoms with Crippen molar-refractivity contribution in [2.75, 3.05) is 26.2 Å². The van der Waals surface area contributed by atoms with Gasteiger partial charge in [-0.05, 0) is 46.7 Å². The van der Waals surface area contributed by atoms with E-state index in [1.807, 2.05) is 20.8 Å². The monoisotopic (exact) mass is 423 g/mol. The number of aromatic amines is 1. The maximum Gasteiger partial charge on any atom is 0.330 e. The van der Waals surface area contributed by atoms with Gasteiger partial charge in [0, 0.05) is 18.8 Å². The van der Waals surface area contributed by atoms with Crippen LogP contribution in [0.4, 0.5) is 0 Å². The molecule has 0 radical (unpaired) electrons. The Balaban J connectivity index is 1.46. The number of nitrogens with zero attached hydrogens (tertiary/aromatic N) is 2.